The average molecular weight is 409 g/mol. The third kappa shape index (κ3) is 3.82. The van der Waals surface area contributed by atoms with Crippen LogP contribution in [0.1, 0.15) is 22.3 Å². The van der Waals surface area contributed by atoms with Crippen molar-refractivity contribution in [3.8, 4) is 0 Å². The van der Waals surface area contributed by atoms with Crippen LogP contribution < -0.4 is 0 Å². The minimum atomic E-state index is -1.72. The molecule has 0 spiro atoms. The second-order valence-electron chi connectivity index (χ2n) is 6.99. The van der Waals surface area contributed by atoms with Gasteiger partial charge in [-0.2, -0.15) is 0 Å². The zero-order valence-corrected chi connectivity index (χ0v) is 16.8. The zero-order chi connectivity index (χ0) is 20.5. The Balaban J connectivity index is 2.00. The van der Waals surface area contributed by atoms with E-state index < -0.39 is 30.4 Å². The monoisotopic (exact) mass is 408 g/mol. The first-order valence-electron chi connectivity index (χ1n) is 8.96. The molecule has 0 radical (unpaired) electrons. The van der Waals surface area contributed by atoms with Gasteiger partial charge in [0.15, 0.2) is 6.29 Å². The van der Waals surface area contributed by atoms with Gasteiger partial charge < -0.3 is 29.5 Å². The fraction of sp³-hybridized carbons (Fsp3) is 0.429. The van der Waals surface area contributed by atoms with Crippen LogP contribution in [0.3, 0.4) is 0 Å². The van der Waals surface area contributed by atoms with E-state index >= 15 is 0 Å². The summed E-state index contributed by atoms with van der Waals surface area (Å²) in [4.78, 5) is 0. The van der Waals surface area contributed by atoms with Crippen LogP contribution in [0.25, 0.3) is 0 Å². The van der Waals surface area contributed by atoms with Crippen LogP contribution in [0, 0.1) is 6.92 Å². The first kappa shape index (κ1) is 21.2. The molecule has 0 aromatic heterocycles. The largest absolute Gasteiger partial charge is 0.387 e. The molecule has 0 saturated carbocycles. The molecule has 1 aliphatic heterocycles. The van der Waals surface area contributed by atoms with Crippen molar-refractivity contribution in [1.82, 2.24) is 0 Å². The summed E-state index contributed by atoms with van der Waals surface area (Å²) in [5.74, 6) is -1.72. The van der Waals surface area contributed by atoms with Crippen LogP contribution in [0.2, 0.25) is 5.02 Å². The number of hydrogen-bond donors (Lipinski definition) is 3. The zero-order valence-electron chi connectivity index (χ0n) is 16.0. The number of aliphatic hydroxyl groups excluding tert-OH is 3. The third-order valence-corrected chi connectivity index (χ3v) is 5.50. The molecular weight excluding hydrogens is 384 g/mol. The van der Waals surface area contributed by atoms with Crippen molar-refractivity contribution < 1.29 is 29.5 Å². The van der Waals surface area contributed by atoms with Gasteiger partial charge in [-0.3, -0.25) is 0 Å². The van der Waals surface area contributed by atoms with Crippen LogP contribution in [-0.4, -0.2) is 54.1 Å². The van der Waals surface area contributed by atoms with E-state index in [9.17, 15) is 15.3 Å². The molecule has 1 fully saturated rings. The second-order valence-corrected chi connectivity index (χ2v) is 7.40. The number of aliphatic hydroxyl groups is 3. The molecule has 6 nitrogen and oxygen atoms in total. The lowest BCUT2D eigenvalue weighted by Crippen LogP contribution is -2.63. The number of rotatable bonds is 5. The van der Waals surface area contributed by atoms with E-state index in [4.69, 9.17) is 25.8 Å². The molecule has 1 saturated heterocycles. The Morgan fingerprint density at radius 3 is 2.32 bits per heavy atom. The molecule has 5 atom stereocenters. The predicted molar refractivity (Wildman–Crippen MR) is 104 cm³/mol. The lowest BCUT2D eigenvalue weighted by Gasteiger charge is -2.47. The van der Waals surface area contributed by atoms with Crippen LogP contribution in [0.4, 0.5) is 0 Å². The highest BCUT2D eigenvalue weighted by molar-refractivity contribution is 6.31. The van der Waals surface area contributed by atoms with Crippen molar-refractivity contribution in [1.29, 1.82) is 0 Å². The molecule has 7 heteroatoms. The van der Waals surface area contributed by atoms with Crippen molar-refractivity contribution in [3.05, 3.63) is 69.7 Å². The summed E-state index contributed by atoms with van der Waals surface area (Å²) in [6.45, 7) is 2.02. The Hall–Kier alpha value is -1.51. The van der Waals surface area contributed by atoms with Gasteiger partial charge in [0.2, 0.25) is 5.79 Å². The number of halogens is 1. The first-order chi connectivity index (χ1) is 13.3. The molecule has 0 amide bonds. The number of ether oxygens (including phenoxy) is 3. The van der Waals surface area contributed by atoms with Gasteiger partial charge in [0.1, 0.15) is 18.3 Å². The van der Waals surface area contributed by atoms with Crippen LogP contribution >= 0.6 is 11.6 Å². The van der Waals surface area contributed by atoms with Gasteiger partial charge in [-0.25, -0.2) is 0 Å². The molecule has 152 valence electrons. The van der Waals surface area contributed by atoms with E-state index in [-0.39, 0.29) is 0 Å². The smallest absolute Gasteiger partial charge is 0.226 e. The molecule has 1 heterocycles. The van der Waals surface area contributed by atoms with E-state index in [1.165, 1.54) is 19.8 Å². The predicted octanol–water partition coefficient (Wildman–Crippen LogP) is 2.12. The van der Waals surface area contributed by atoms with Crippen molar-refractivity contribution in [2.75, 3.05) is 14.2 Å². The maximum atomic E-state index is 10.7. The van der Waals surface area contributed by atoms with E-state index in [1.54, 1.807) is 18.2 Å². The Morgan fingerprint density at radius 2 is 1.71 bits per heavy atom. The summed E-state index contributed by atoms with van der Waals surface area (Å²) in [5.41, 5.74) is 3.51. The quantitative estimate of drug-likeness (QED) is 0.702. The van der Waals surface area contributed by atoms with E-state index in [2.05, 4.69) is 0 Å². The standard InChI is InChI=1S/C21H25ClO6/c1-12-4-6-13(7-5-12)10-14-11-15(8-9-16(14)22)21(27-3)19(25)17(23)18(24)20(26-2)28-21/h4-9,11,17-20,23-25H,10H2,1-3H3/t17-,18-,19+,20-,21-/m0/s1. The molecule has 0 bridgehead atoms. The van der Waals surface area contributed by atoms with Gasteiger partial charge >= 0.3 is 0 Å². The van der Waals surface area contributed by atoms with Crippen molar-refractivity contribution in [2.24, 2.45) is 0 Å². The van der Waals surface area contributed by atoms with Gasteiger partial charge in [-0.05, 0) is 36.6 Å². The third-order valence-electron chi connectivity index (χ3n) is 5.13. The Morgan fingerprint density at radius 1 is 1.04 bits per heavy atom. The van der Waals surface area contributed by atoms with Gasteiger partial charge in [0, 0.05) is 24.8 Å². The minimum Gasteiger partial charge on any atom is -0.387 e. The lowest BCUT2D eigenvalue weighted by molar-refractivity contribution is -0.401. The lowest BCUT2D eigenvalue weighted by atomic mass is 9.88. The summed E-state index contributed by atoms with van der Waals surface area (Å²) in [6, 6.07) is 13.2. The second kappa shape index (κ2) is 8.47. The van der Waals surface area contributed by atoms with E-state index in [0.29, 0.717) is 17.0 Å². The highest BCUT2D eigenvalue weighted by Crippen LogP contribution is 2.40. The summed E-state index contributed by atoms with van der Waals surface area (Å²) in [7, 11) is 2.69. The molecule has 0 aliphatic carbocycles. The van der Waals surface area contributed by atoms with Gasteiger partial charge in [-0.15, -0.1) is 0 Å². The van der Waals surface area contributed by atoms with Gasteiger partial charge in [0.05, 0.1) is 0 Å². The van der Waals surface area contributed by atoms with Crippen molar-refractivity contribution in [3.63, 3.8) is 0 Å². The number of aryl methyl sites for hydroxylation is 1. The minimum absolute atomic E-state index is 0.460. The Labute approximate surface area is 169 Å². The Bertz CT molecular complexity index is 809. The highest BCUT2D eigenvalue weighted by atomic mass is 35.5. The molecular formula is C21H25ClO6. The SMILES string of the molecule is CO[C@H]1O[C@@](OC)(c2ccc(Cl)c(Cc3ccc(C)cc3)c2)[C@H](O)[C@@H](O)[C@@H]1O. The molecule has 2 aromatic carbocycles. The molecule has 28 heavy (non-hydrogen) atoms. The number of methoxy groups -OCH3 is 2. The number of benzene rings is 2. The van der Waals surface area contributed by atoms with Crippen molar-refractivity contribution >= 4 is 11.6 Å². The molecule has 3 rings (SSSR count). The molecule has 1 aliphatic rings. The summed E-state index contributed by atoms with van der Waals surface area (Å²) < 4.78 is 16.4. The van der Waals surface area contributed by atoms with Crippen LogP contribution in [0.15, 0.2) is 42.5 Å². The van der Waals surface area contributed by atoms with Gasteiger partial charge in [0.25, 0.3) is 0 Å². The van der Waals surface area contributed by atoms with E-state index in [1.807, 2.05) is 31.2 Å². The molecule has 2 aromatic rings. The van der Waals surface area contributed by atoms with Crippen LogP contribution in [0.5, 0.6) is 0 Å². The number of hydrogen-bond acceptors (Lipinski definition) is 6. The van der Waals surface area contributed by atoms with Gasteiger partial charge in [-0.1, -0.05) is 47.5 Å². The maximum Gasteiger partial charge on any atom is 0.226 e. The Kier molecular flexibility index (Phi) is 6.41. The van der Waals surface area contributed by atoms with Crippen LogP contribution in [-0.2, 0) is 26.4 Å². The highest BCUT2D eigenvalue weighted by Gasteiger charge is 2.55. The first-order valence-corrected chi connectivity index (χ1v) is 9.34. The molecule has 0 unspecified atom stereocenters. The summed E-state index contributed by atoms with van der Waals surface area (Å²) in [6.07, 6.45) is -5.07. The topological polar surface area (TPSA) is 88.4 Å². The normalized spacial score (nSPS) is 30.4. The summed E-state index contributed by atoms with van der Waals surface area (Å²) in [5, 5.41) is 31.6. The average Bonchev–Trinajstić information content (AvgIpc) is 2.70. The van der Waals surface area contributed by atoms with Crippen molar-refractivity contribution in [2.45, 2.75) is 43.7 Å². The van der Waals surface area contributed by atoms with E-state index in [0.717, 1.165) is 11.1 Å². The fourth-order valence-corrected chi connectivity index (χ4v) is 3.63. The summed E-state index contributed by atoms with van der Waals surface area (Å²) >= 11 is 6.39. The molecule has 3 N–H and O–H groups in total. The fourth-order valence-electron chi connectivity index (χ4n) is 3.45. The maximum absolute atomic E-state index is 10.7.